The van der Waals surface area contributed by atoms with Gasteiger partial charge in [-0.2, -0.15) is 0 Å². The molecule has 1 rings (SSSR count). The number of aromatic carboxylic acids is 1. The number of methoxy groups -OCH3 is 2. The second-order valence-corrected chi connectivity index (χ2v) is 4.05. The van der Waals surface area contributed by atoms with Crippen LogP contribution in [0.25, 0.3) is 0 Å². The fourth-order valence-corrected chi connectivity index (χ4v) is 1.61. The van der Waals surface area contributed by atoms with Gasteiger partial charge in [0.1, 0.15) is 0 Å². The molecular formula is C13H19NO4. The zero-order valence-electron chi connectivity index (χ0n) is 10.9. The number of benzene rings is 1. The first-order chi connectivity index (χ1) is 8.58. The van der Waals surface area contributed by atoms with Crippen molar-refractivity contribution in [2.45, 2.75) is 13.0 Å². The molecule has 100 valence electrons. The number of aryl methyl sites for hydroxylation is 1. The first kappa shape index (κ1) is 14.5. The number of nitrogens with one attached hydrogen (secondary N) is 1. The van der Waals surface area contributed by atoms with Crippen LogP contribution in [0.2, 0.25) is 0 Å². The van der Waals surface area contributed by atoms with Gasteiger partial charge in [0.25, 0.3) is 0 Å². The van der Waals surface area contributed by atoms with Crippen molar-refractivity contribution in [2.24, 2.45) is 0 Å². The van der Waals surface area contributed by atoms with Gasteiger partial charge in [-0.05, 0) is 19.1 Å². The molecule has 0 saturated carbocycles. The zero-order valence-corrected chi connectivity index (χ0v) is 10.9. The van der Waals surface area contributed by atoms with E-state index in [0.717, 1.165) is 5.56 Å². The predicted molar refractivity (Wildman–Crippen MR) is 69.3 cm³/mol. The molecule has 0 aliphatic rings. The number of rotatable bonds is 7. The fraction of sp³-hybridized carbons (Fsp3) is 0.462. The Kier molecular flexibility index (Phi) is 5.61. The van der Waals surface area contributed by atoms with E-state index in [1.165, 1.54) is 0 Å². The molecule has 0 aliphatic heterocycles. The Labute approximate surface area is 107 Å². The Morgan fingerprint density at radius 1 is 1.44 bits per heavy atom. The average molecular weight is 253 g/mol. The molecule has 0 bridgehead atoms. The Bertz CT molecular complexity index is 406. The summed E-state index contributed by atoms with van der Waals surface area (Å²) in [5.41, 5.74) is 1.77. The van der Waals surface area contributed by atoms with Gasteiger partial charge in [-0.1, -0.05) is 11.6 Å². The summed E-state index contributed by atoms with van der Waals surface area (Å²) in [5, 5.41) is 12.2. The molecule has 0 saturated heterocycles. The van der Waals surface area contributed by atoms with Crippen molar-refractivity contribution in [3.05, 3.63) is 29.3 Å². The van der Waals surface area contributed by atoms with E-state index in [9.17, 15) is 4.79 Å². The van der Waals surface area contributed by atoms with E-state index in [0.29, 0.717) is 18.8 Å². The topological polar surface area (TPSA) is 67.8 Å². The molecule has 5 nitrogen and oxygen atoms in total. The van der Waals surface area contributed by atoms with E-state index in [4.69, 9.17) is 14.6 Å². The third kappa shape index (κ3) is 4.01. The number of hydrogen-bond donors (Lipinski definition) is 2. The van der Waals surface area contributed by atoms with Crippen LogP contribution in [0, 0.1) is 6.92 Å². The molecule has 0 aromatic heterocycles. The minimum absolute atomic E-state index is 0.113. The van der Waals surface area contributed by atoms with Crippen molar-refractivity contribution in [2.75, 3.05) is 32.7 Å². The smallest absolute Gasteiger partial charge is 0.337 e. The molecule has 1 unspecified atom stereocenters. The van der Waals surface area contributed by atoms with Crippen molar-refractivity contribution in [3.63, 3.8) is 0 Å². The third-order valence-electron chi connectivity index (χ3n) is 2.61. The molecule has 0 fully saturated rings. The van der Waals surface area contributed by atoms with Crippen molar-refractivity contribution in [1.82, 2.24) is 0 Å². The van der Waals surface area contributed by atoms with Crippen LogP contribution in [-0.4, -0.2) is 44.6 Å². The van der Waals surface area contributed by atoms with E-state index in [2.05, 4.69) is 5.32 Å². The number of carboxylic acid groups (broad SMARTS) is 1. The minimum Gasteiger partial charge on any atom is -0.478 e. The molecule has 0 aliphatic carbocycles. The summed E-state index contributed by atoms with van der Waals surface area (Å²) in [6.45, 7) is 2.81. The number of ether oxygens (including phenoxy) is 2. The van der Waals surface area contributed by atoms with E-state index < -0.39 is 5.97 Å². The molecule has 1 aromatic rings. The standard InChI is InChI=1S/C13H19NO4/c1-9-4-5-12(11(6-9)13(15)16)14-7-10(18-3)8-17-2/h4-6,10,14H,7-8H2,1-3H3,(H,15,16). The Hall–Kier alpha value is -1.59. The van der Waals surface area contributed by atoms with Gasteiger partial charge in [-0.3, -0.25) is 0 Å². The summed E-state index contributed by atoms with van der Waals surface area (Å²) >= 11 is 0. The highest BCUT2D eigenvalue weighted by atomic mass is 16.5. The predicted octanol–water partition coefficient (Wildman–Crippen LogP) is 1.77. The van der Waals surface area contributed by atoms with Gasteiger partial charge >= 0.3 is 5.97 Å². The number of carboxylic acids is 1. The summed E-state index contributed by atoms with van der Waals surface area (Å²) in [5.74, 6) is -0.943. The number of carbonyl (C=O) groups is 1. The lowest BCUT2D eigenvalue weighted by Crippen LogP contribution is -2.27. The van der Waals surface area contributed by atoms with E-state index >= 15 is 0 Å². The van der Waals surface area contributed by atoms with Gasteiger partial charge in [-0.25, -0.2) is 4.79 Å². The van der Waals surface area contributed by atoms with Crippen molar-refractivity contribution in [1.29, 1.82) is 0 Å². The largest absolute Gasteiger partial charge is 0.478 e. The lowest BCUT2D eigenvalue weighted by Gasteiger charge is -2.17. The first-order valence-corrected chi connectivity index (χ1v) is 5.68. The summed E-state index contributed by atoms with van der Waals surface area (Å²) in [6.07, 6.45) is -0.113. The van der Waals surface area contributed by atoms with Crippen LogP contribution in [0.15, 0.2) is 18.2 Å². The summed E-state index contributed by atoms with van der Waals surface area (Å²) in [6, 6.07) is 5.27. The molecule has 0 heterocycles. The molecule has 1 aromatic carbocycles. The van der Waals surface area contributed by atoms with E-state index in [-0.39, 0.29) is 11.7 Å². The summed E-state index contributed by atoms with van der Waals surface area (Å²) in [4.78, 5) is 11.1. The maximum atomic E-state index is 11.1. The molecular weight excluding hydrogens is 234 g/mol. The van der Waals surface area contributed by atoms with Crippen molar-refractivity contribution < 1.29 is 19.4 Å². The minimum atomic E-state index is -0.943. The van der Waals surface area contributed by atoms with Crippen LogP contribution in [0.3, 0.4) is 0 Å². The van der Waals surface area contributed by atoms with Crippen LogP contribution >= 0.6 is 0 Å². The zero-order chi connectivity index (χ0) is 13.5. The van der Waals surface area contributed by atoms with E-state index in [1.807, 2.05) is 13.0 Å². The normalized spacial score (nSPS) is 12.2. The lowest BCUT2D eigenvalue weighted by atomic mass is 10.1. The molecule has 5 heteroatoms. The third-order valence-corrected chi connectivity index (χ3v) is 2.61. The molecule has 0 radical (unpaired) electrons. The van der Waals surface area contributed by atoms with Crippen LogP contribution in [0.5, 0.6) is 0 Å². The fourth-order valence-electron chi connectivity index (χ4n) is 1.61. The van der Waals surface area contributed by atoms with Gasteiger partial charge in [0.05, 0.1) is 18.3 Å². The van der Waals surface area contributed by atoms with E-state index in [1.54, 1.807) is 26.4 Å². The van der Waals surface area contributed by atoms with Gasteiger partial charge in [0, 0.05) is 26.5 Å². The van der Waals surface area contributed by atoms with Gasteiger partial charge in [0.2, 0.25) is 0 Å². The Morgan fingerprint density at radius 3 is 2.72 bits per heavy atom. The quantitative estimate of drug-likeness (QED) is 0.775. The van der Waals surface area contributed by atoms with Gasteiger partial charge in [-0.15, -0.1) is 0 Å². The van der Waals surface area contributed by atoms with Crippen LogP contribution in [0.1, 0.15) is 15.9 Å². The summed E-state index contributed by atoms with van der Waals surface area (Å²) in [7, 11) is 3.19. The highest BCUT2D eigenvalue weighted by Crippen LogP contribution is 2.17. The first-order valence-electron chi connectivity index (χ1n) is 5.68. The molecule has 1 atom stereocenters. The highest BCUT2D eigenvalue weighted by Gasteiger charge is 2.12. The van der Waals surface area contributed by atoms with Gasteiger partial charge in [0.15, 0.2) is 0 Å². The Balaban J connectivity index is 2.74. The molecule has 2 N–H and O–H groups in total. The van der Waals surface area contributed by atoms with Crippen LogP contribution in [-0.2, 0) is 9.47 Å². The van der Waals surface area contributed by atoms with Crippen LogP contribution in [0.4, 0.5) is 5.69 Å². The maximum Gasteiger partial charge on any atom is 0.337 e. The SMILES string of the molecule is COCC(CNc1ccc(C)cc1C(=O)O)OC. The number of hydrogen-bond acceptors (Lipinski definition) is 4. The number of anilines is 1. The lowest BCUT2D eigenvalue weighted by molar-refractivity contribution is 0.0365. The average Bonchev–Trinajstić information content (AvgIpc) is 2.35. The monoisotopic (exact) mass is 253 g/mol. The Morgan fingerprint density at radius 2 is 2.17 bits per heavy atom. The van der Waals surface area contributed by atoms with Gasteiger partial charge < -0.3 is 19.9 Å². The summed E-state index contributed by atoms with van der Waals surface area (Å²) < 4.78 is 10.2. The maximum absolute atomic E-state index is 11.1. The molecule has 0 amide bonds. The molecule has 0 spiro atoms. The molecule has 18 heavy (non-hydrogen) atoms. The second-order valence-electron chi connectivity index (χ2n) is 4.05. The second kappa shape index (κ2) is 6.98. The van der Waals surface area contributed by atoms with Crippen molar-refractivity contribution >= 4 is 11.7 Å². The van der Waals surface area contributed by atoms with Crippen LogP contribution < -0.4 is 5.32 Å². The van der Waals surface area contributed by atoms with Crippen molar-refractivity contribution in [3.8, 4) is 0 Å². The highest BCUT2D eigenvalue weighted by molar-refractivity contribution is 5.94.